The van der Waals surface area contributed by atoms with Crippen LogP contribution >= 0.6 is 11.3 Å². The van der Waals surface area contributed by atoms with Crippen LogP contribution in [0.2, 0.25) is 0 Å². The highest BCUT2D eigenvalue weighted by molar-refractivity contribution is 7.18. The number of carbonyl (C=O) groups is 2. The molecular weight excluding hydrogens is 366 g/mol. The standard InChI is InChI=1S/C19H23N3O4S/c1-9-10(2)27-18-15(9)17(24)20-13(21-18)6-7-14(23)22-8-11-4-3-5-12(11)16(22)19(25)26/h11-12,16H,3-8H2,1-2H3,(H,25,26)(H,20,21,24). The second kappa shape index (κ2) is 6.74. The first-order chi connectivity index (χ1) is 12.9. The number of H-pyrrole nitrogens is 1. The minimum atomic E-state index is -0.907. The van der Waals surface area contributed by atoms with Crippen LogP contribution in [0.1, 0.15) is 41.9 Å². The fraction of sp³-hybridized carbons (Fsp3) is 0.579. The highest BCUT2D eigenvalue weighted by Gasteiger charge is 2.49. The summed E-state index contributed by atoms with van der Waals surface area (Å²) in [6.07, 6.45) is 3.39. The van der Waals surface area contributed by atoms with Crippen molar-refractivity contribution in [2.75, 3.05) is 6.54 Å². The summed E-state index contributed by atoms with van der Waals surface area (Å²) in [5.41, 5.74) is 0.766. The molecule has 3 atom stereocenters. The zero-order chi connectivity index (χ0) is 19.3. The highest BCUT2D eigenvalue weighted by Crippen LogP contribution is 2.42. The van der Waals surface area contributed by atoms with E-state index in [9.17, 15) is 19.5 Å². The van der Waals surface area contributed by atoms with E-state index in [1.54, 1.807) is 0 Å². The van der Waals surface area contributed by atoms with Gasteiger partial charge in [0.15, 0.2) is 0 Å². The number of carboxylic acids is 1. The molecule has 8 heteroatoms. The van der Waals surface area contributed by atoms with Crippen LogP contribution in [-0.4, -0.2) is 44.4 Å². The molecule has 2 fully saturated rings. The molecule has 1 saturated carbocycles. The van der Waals surface area contributed by atoms with Crippen molar-refractivity contribution < 1.29 is 14.7 Å². The second-order valence-electron chi connectivity index (χ2n) is 7.66. The van der Waals surface area contributed by atoms with Gasteiger partial charge in [-0.2, -0.15) is 0 Å². The van der Waals surface area contributed by atoms with Gasteiger partial charge in [-0.25, -0.2) is 9.78 Å². The number of amides is 1. The van der Waals surface area contributed by atoms with Gasteiger partial charge in [0, 0.05) is 24.3 Å². The molecule has 2 aromatic rings. The second-order valence-corrected chi connectivity index (χ2v) is 8.86. The Labute approximate surface area is 160 Å². The number of thiophene rings is 1. The van der Waals surface area contributed by atoms with Crippen LogP contribution in [0.5, 0.6) is 0 Å². The van der Waals surface area contributed by atoms with Crippen molar-refractivity contribution in [1.29, 1.82) is 0 Å². The van der Waals surface area contributed by atoms with Gasteiger partial charge in [-0.3, -0.25) is 9.59 Å². The first kappa shape index (κ1) is 18.2. The van der Waals surface area contributed by atoms with Crippen LogP contribution in [0.15, 0.2) is 4.79 Å². The predicted octanol–water partition coefficient (Wildman–Crippen LogP) is 2.25. The Kier molecular flexibility index (Phi) is 4.53. The molecule has 2 aromatic heterocycles. The normalized spacial score (nSPS) is 24.5. The van der Waals surface area contributed by atoms with E-state index in [4.69, 9.17) is 0 Å². The first-order valence-corrected chi connectivity index (χ1v) is 10.2. The molecule has 0 aromatic carbocycles. The molecule has 1 aliphatic heterocycles. The lowest BCUT2D eigenvalue weighted by Crippen LogP contribution is -2.43. The maximum Gasteiger partial charge on any atom is 0.326 e. The SMILES string of the molecule is Cc1sc2nc(CCC(=O)N3CC4CCCC4C3C(=O)O)[nH]c(=O)c2c1C. The number of likely N-dealkylation sites (tertiary alicyclic amines) is 1. The van der Waals surface area contributed by atoms with Gasteiger partial charge in [-0.05, 0) is 44.1 Å². The van der Waals surface area contributed by atoms with Crippen LogP contribution in [0.3, 0.4) is 0 Å². The third kappa shape index (κ3) is 3.05. The van der Waals surface area contributed by atoms with Crippen molar-refractivity contribution in [3.05, 3.63) is 26.6 Å². The van der Waals surface area contributed by atoms with Gasteiger partial charge >= 0.3 is 5.97 Å². The summed E-state index contributed by atoms with van der Waals surface area (Å²) in [6, 6.07) is -0.706. The molecule has 0 bridgehead atoms. The fourth-order valence-electron chi connectivity index (χ4n) is 4.67. The summed E-state index contributed by atoms with van der Waals surface area (Å²) in [4.78, 5) is 47.3. The average molecular weight is 389 g/mol. The lowest BCUT2D eigenvalue weighted by molar-refractivity contribution is -0.149. The largest absolute Gasteiger partial charge is 0.480 e. The van der Waals surface area contributed by atoms with Gasteiger partial charge < -0.3 is 15.0 Å². The van der Waals surface area contributed by atoms with Crippen LogP contribution in [0.25, 0.3) is 10.2 Å². The predicted molar refractivity (Wildman–Crippen MR) is 102 cm³/mol. The van der Waals surface area contributed by atoms with Gasteiger partial charge in [-0.1, -0.05) is 6.42 Å². The molecule has 4 rings (SSSR count). The topological polar surface area (TPSA) is 103 Å². The molecule has 2 N–H and O–H groups in total. The Bertz CT molecular complexity index is 979. The number of rotatable bonds is 4. The number of nitrogens with zero attached hydrogens (tertiary/aromatic N) is 2. The van der Waals surface area contributed by atoms with E-state index in [0.717, 1.165) is 29.7 Å². The average Bonchev–Trinajstić information content (AvgIpc) is 3.26. The highest BCUT2D eigenvalue weighted by atomic mass is 32.1. The summed E-state index contributed by atoms with van der Waals surface area (Å²) >= 11 is 1.48. The van der Waals surface area contributed by atoms with Crippen molar-refractivity contribution in [3.63, 3.8) is 0 Å². The molecule has 0 spiro atoms. The van der Waals surface area contributed by atoms with E-state index in [0.29, 0.717) is 34.9 Å². The first-order valence-electron chi connectivity index (χ1n) is 9.38. The fourth-order valence-corrected chi connectivity index (χ4v) is 5.71. The van der Waals surface area contributed by atoms with Crippen LogP contribution in [-0.2, 0) is 16.0 Å². The number of fused-ring (bicyclic) bond motifs is 2. The molecule has 0 radical (unpaired) electrons. The molecule has 1 amide bonds. The number of aromatic nitrogens is 2. The van der Waals surface area contributed by atoms with Gasteiger partial charge in [0.05, 0.1) is 5.39 Å². The molecule has 1 aliphatic carbocycles. The van der Waals surface area contributed by atoms with Gasteiger partial charge in [0.1, 0.15) is 16.7 Å². The molecular formula is C19H23N3O4S. The quantitative estimate of drug-likeness (QED) is 0.835. The number of aryl methyl sites for hydroxylation is 3. The monoisotopic (exact) mass is 389 g/mol. The van der Waals surface area contributed by atoms with Crippen molar-refractivity contribution in [2.24, 2.45) is 11.8 Å². The molecule has 3 unspecified atom stereocenters. The van der Waals surface area contributed by atoms with Crippen molar-refractivity contribution in [2.45, 2.75) is 52.0 Å². The Morgan fingerprint density at radius 2 is 2.11 bits per heavy atom. The summed E-state index contributed by atoms with van der Waals surface area (Å²) in [7, 11) is 0. The van der Waals surface area contributed by atoms with Gasteiger partial charge in [0.25, 0.3) is 5.56 Å². The number of hydrogen-bond donors (Lipinski definition) is 2. The number of hydrogen-bond acceptors (Lipinski definition) is 5. The zero-order valence-electron chi connectivity index (χ0n) is 15.4. The van der Waals surface area contributed by atoms with Crippen molar-refractivity contribution in [3.8, 4) is 0 Å². The van der Waals surface area contributed by atoms with E-state index in [2.05, 4.69) is 9.97 Å². The van der Waals surface area contributed by atoms with Crippen molar-refractivity contribution in [1.82, 2.24) is 14.9 Å². The van der Waals surface area contributed by atoms with E-state index in [1.165, 1.54) is 16.2 Å². The number of carboxylic acid groups (broad SMARTS) is 1. The maximum absolute atomic E-state index is 12.7. The molecule has 2 aliphatic rings. The molecule has 27 heavy (non-hydrogen) atoms. The van der Waals surface area contributed by atoms with Gasteiger partial charge in [0.2, 0.25) is 5.91 Å². The van der Waals surface area contributed by atoms with Crippen molar-refractivity contribution >= 4 is 33.4 Å². The molecule has 7 nitrogen and oxygen atoms in total. The third-order valence-electron chi connectivity index (χ3n) is 6.13. The van der Waals surface area contributed by atoms with Crippen LogP contribution in [0, 0.1) is 25.7 Å². The Balaban J connectivity index is 1.50. The molecule has 1 saturated heterocycles. The Hall–Kier alpha value is -2.22. The molecule has 144 valence electrons. The molecule has 3 heterocycles. The van der Waals surface area contributed by atoms with E-state index < -0.39 is 12.0 Å². The zero-order valence-corrected chi connectivity index (χ0v) is 16.3. The summed E-state index contributed by atoms with van der Waals surface area (Å²) in [5.74, 6) is -0.208. The summed E-state index contributed by atoms with van der Waals surface area (Å²) in [5, 5.41) is 10.2. The van der Waals surface area contributed by atoms with E-state index in [1.807, 2.05) is 13.8 Å². The summed E-state index contributed by atoms with van der Waals surface area (Å²) in [6.45, 7) is 4.40. The van der Waals surface area contributed by atoms with Crippen LogP contribution in [0.4, 0.5) is 0 Å². The van der Waals surface area contributed by atoms with E-state index >= 15 is 0 Å². The number of carbonyl (C=O) groups excluding carboxylic acids is 1. The smallest absolute Gasteiger partial charge is 0.326 e. The lowest BCUT2D eigenvalue weighted by atomic mass is 9.94. The minimum Gasteiger partial charge on any atom is -0.480 e. The lowest BCUT2D eigenvalue weighted by Gasteiger charge is -2.24. The summed E-state index contributed by atoms with van der Waals surface area (Å²) < 4.78 is 0. The van der Waals surface area contributed by atoms with E-state index in [-0.39, 0.29) is 23.8 Å². The Morgan fingerprint density at radius 3 is 2.85 bits per heavy atom. The van der Waals surface area contributed by atoms with Crippen LogP contribution < -0.4 is 5.56 Å². The number of aromatic amines is 1. The minimum absolute atomic E-state index is 0.0813. The number of nitrogens with one attached hydrogen (secondary N) is 1. The maximum atomic E-state index is 12.7. The van der Waals surface area contributed by atoms with Gasteiger partial charge in [-0.15, -0.1) is 11.3 Å². The Morgan fingerprint density at radius 1 is 1.33 bits per heavy atom. The number of aliphatic carboxylic acids is 1. The third-order valence-corrected chi connectivity index (χ3v) is 7.23.